The van der Waals surface area contributed by atoms with Gasteiger partial charge in [0.15, 0.2) is 0 Å². The van der Waals surface area contributed by atoms with Gasteiger partial charge in [0.2, 0.25) is 0 Å². The number of piperidine rings is 1. The molecule has 2 rings (SSSR count). The lowest BCUT2D eigenvalue weighted by molar-refractivity contribution is 0.373. The van der Waals surface area contributed by atoms with Crippen molar-refractivity contribution in [3.8, 4) is 5.75 Å². The smallest absolute Gasteiger partial charge is 0.123 e. The van der Waals surface area contributed by atoms with Crippen LogP contribution >= 0.6 is 0 Å². The van der Waals surface area contributed by atoms with Gasteiger partial charge in [0.1, 0.15) is 5.75 Å². The summed E-state index contributed by atoms with van der Waals surface area (Å²) in [6.45, 7) is 5.60. The molecule has 1 aliphatic rings. The van der Waals surface area contributed by atoms with Crippen LogP contribution < -0.4 is 10.1 Å². The van der Waals surface area contributed by atoms with Crippen LogP contribution in [0.2, 0.25) is 0 Å². The summed E-state index contributed by atoms with van der Waals surface area (Å²) in [4.78, 5) is 0. The van der Waals surface area contributed by atoms with E-state index < -0.39 is 0 Å². The van der Waals surface area contributed by atoms with Crippen LogP contribution in [0.1, 0.15) is 56.2 Å². The quantitative estimate of drug-likeness (QED) is 0.860. The number of hydrogen-bond donors (Lipinski definition) is 1. The van der Waals surface area contributed by atoms with Crippen molar-refractivity contribution in [2.75, 3.05) is 13.7 Å². The predicted molar refractivity (Wildman–Crippen MR) is 71.7 cm³/mol. The van der Waals surface area contributed by atoms with Crippen molar-refractivity contribution < 1.29 is 4.74 Å². The second kappa shape index (κ2) is 5.54. The third kappa shape index (κ3) is 2.81. The van der Waals surface area contributed by atoms with Gasteiger partial charge in [-0.25, -0.2) is 0 Å². The normalized spacial score (nSPS) is 20.6. The third-order valence-corrected chi connectivity index (χ3v) is 3.61. The Bertz CT molecular complexity index is 367. The summed E-state index contributed by atoms with van der Waals surface area (Å²) in [5.41, 5.74) is 2.73. The minimum Gasteiger partial charge on any atom is -0.496 e. The van der Waals surface area contributed by atoms with Gasteiger partial charge in [-0.2, -0.15) is 0 Å². The Balaban J connectivity index is 2.30. The van der Waals surface area contributed by atoms with Crippen LogP contribution in [0.4, 0.5) is 0 Å². The van der Waals surface area contributed by atoms with Crippen molar-refractivity contribution in [2.45, 2.75) is 45.1 Å². The molecule has 2 nitrogen and oxygen atoms in total. The number of nitrogens with one attached hydrogen (secondary N) is 1. The molecule has 0 aliphatic carbocycles. The van der Waals surface area contributed by atoms with Crippen LogP contribution in [0.25, 0.3) is 0 Å². The molecule has 1 aromatic rings. The molecule has 0 aromatic heterocycles. The second-order valence-electron chi connectivity index (χ2n) is 5.16. The van der Waals surface area contributed by atoms with Gasteiger partial charge in [-0.05, 0) is 36.9 Å². The van der Waals surface area contributed by atoms with Crippen molar-refractivity contribution in [1.29, 1.82) is 0 Å². The van der Waals surface area contributed by atoms with E-state index in [0.717, 1.165) is 12.3 Å². The van der Waals surface area contributed by atoms with Crippen molar-refractivity contribution >= 4 is 0 Å². The molecule has 1 fully saturated rings. The van der Waals surface area contributed by atoms with E-state index in [1.165, 1.54) is 30.4 Å². The maximum absolute atomic E-state index is 5.49. The first-order valence-electron chi connectivity index (χ1n) is 6.63. The molecule has 1 saturated heterocycles. The zero-order valence-electron chi connectivity index (χ0n) is 11.1. The highest BCUT2D eigenvalue weighted by atomic mass is 16.5. The van der Waals surface area contributed by atoms with Gasteiger partial charge < -0.3 is 10.1 Å². The lowest BCUT2D eigenvalue weighted by Gasteiger charge is -2.26. The van der Waals surface area contributed by atoms with Crippen LogP contribution in [0.3, 0.4) is 0 Å². The van der Waals surface area contributed by atoms with Gasteiger partial charge >= 0.3 is 0 Å². The summed E-state index contributed by atoms with van der Waals surface area (Å²) in [5, 5.41) is 3.60. The van der Waals surface area contributed by atoms with E-state index >= 15 is 0 Å². The minimum atomic E-state index is 0.470. The first kappa shape index (κ1) is 12.4. The SMILES string of the molecule is COc1ccc(C(C)C)cc1C1CCCCN1. The number of rotatable bonds is 3. The van der Waals surface area contributed by atoms with Crippen molar-refractivity contribution in [3.05, 3.63) is 29.3 Å². The highest BCUT2D eigenvalue weighted by molar-refractivity contribution is 5.40. The number of benzene rings is 1. The molecule has 2 heteroatoms. The van der Waals surface area contributed by atoms with Gasteiger partial charge in [0.05, 0.1) is 7.11 Å². The Kier molecular flexibility index (Phi) is 4.06. The van der Waals surface area contributed by atoms with Crippen LogP contribution in [0.5, 0.6) is 5.75 Å². The average Bonchev–Trinajstić information content (AvgIpc) is 2.39. The van der Waals surface area contributed by atoms with Crippen molar-refractivity contribution in [1.82, 2.24) is 5.32 Å². The molecular formula is C15H23NO. The number of hydrogen-bond acceptors (Lipinski definition) is 2. The maximum Gasteiger partial charge on any atom is 0.123 e. The van der Waals surface area contributed by atoms with Gasteiger partial charge in [0.25, 0.3) is 0 Å². The Hall–Kier alpha value is -1.02. The number of ether oxygens (including phenoxy) is 1. The number of methoxy groups -OCH3 is 1. The second-order valence-corrected chi connectivity index (χ2v) is 5.16. The fraction of sp³-hybridized carbons (Fsp3) is 0.600. The molecule has 0 bridgehead atoms. The molecule has 94 valence electrons. The maximum atomic E-state index is 5.49. The van der Waals surface area contributed by atoms with Gasteiger partial charge in [-0.3, -0.25) is 0 Å². The Labute approximate surface area is 104 Å². The Morgan fingerprint density at radius 2 is 2.12 bits per heavy atom. The molecule has 1 heterocycles. The van der Waals surface area contributed by atoms with Crippen molar-refractivity contribution in [2.24, 2.45) is 0 Å². The van der Waals surface area contributed by atoms with E-state index in [9.17, 15) is 0 Å². The van der Waals surface area contributed by atoms with E-state index in [-0.39, 0.29) is 0 Å². The molecule has 0 saturated carbocycles. The fourth-order valence-corrected chi connectivity index (χ4v) is 2.50. The summed E-state index contributed by atoms with van der Waals surface area (Å²) in [7, 11) is 1.76. The highest BCUT2D eigenvalue weighted by Crippen LogP contribution is 2.32. The molecule has 17 heavy (non-hydrogen) atoms. The molecule has 0 spiro atoms. The zero-order valence-corrected chi connectivity index (χ0v) is 11.1. The first-order valence-corrected chi connectivity index (χ1v) is 6.63. The zero-order chi connectivity index (χ0) is 12.3. The van der Waals surface area contributed by atoms with E-state index in [4.69, 9.17) is 4.74 Å². The standard InChI is InChI=1S/C15H23NO/c1-11(2)12-7-8-15(17-3)13(10-12)14-6-4-5-9-16-14/h7-8,10-11,14,16H,4-6,9H2,1-3H3. The topological polar surface area (TPSA) is 21.3 Å². The molecule has 1 unspecified atom stereocenters. The molecule has 1 aliphatic heterocycles. The summed E-state index contributed by atoms with van der Waals surface area (Å²) in [6, 6.07) is 7.07. The summed E-state index contributed by atoms with van der Waals surface area (Å²) in [6.07, 6.45) is 3.83. The van der Waals surface area contributed by atoms with Gasteiger partial charge in [-0.1, -0.05) is 32.4 Å². The molecule has 1 N–H and O–H groups in total. The average molecular weight is 233 g/mol. The Morgan fingerprint density at radius 3 is 2.71 bits per heavy atom. The first-order chi connectivity index (χ1) is 8.22. The molecular weight excluding hydrogens is 210 g/mol. The van der Waals surface area contributed by atoms with Crippen LogP contribution in [0.15, 0.2) is 18.2 Å². The Morgan fingerprint density at radius 1 is 1.29 bits per heavy atom. The molecule has 1 aromatic carbocycles. The van der Waals surface area contributed by atoms with Crippen LogP contribution in [-0.2, 0) is 0 Å². The lowest BCUT2D eigenvalue weighted by atomic mass is 9.92. The largest absolute Gasteiger partial charge is 0.496 e. The monoisotopic (exact) mass is 233 g/mol. The third-order valence-electron chi connectivity index (χ3n) is 3.61. The van der Waals surface area contributed by atoms with E-state index in [2.05, 4.69) is 37.4 Å². The lowest BCUT2D eigenvalue weighted by Crippen LogP contribution is -2.27. The van der Waals surface area contributed by atoms with Crippen LogP contribution in [-0.4, -0.2) is 13.7 Å². The van der Waals surface area contributed by atoms with Gasteiger partial charge in [0, 0.05) is 11.6 Å². The fourth-order valence-electron chi connectivity index (χ4n) is 2.50. The molecule has 0 amide bonds. The van der Waals surface area contributed by atoms with E-state index in [1.54, 1.807) is 7.11 Å². The molecule has 1 atom stereocenters. The minimum absolute atomic E-state index is 0.470. The summed E-state index contributed by atoms with van der Waals surface area (Å²) < 4.78 is 5.49. The summed E-state index contributed by atoms with van der Waals surface area (Å²) in [5.74, 6) is 1.59. The van der Waals surface area contributed by atoms with Gasteiger partial charge in [-0.15, -0.1) is 0 Å². The van der Waals surface area contributed by atoms with E-state index in [1.807, 2.05) is 0 Å². The van der Waals surface area contributed by atoms with Crippen LogP contribution in [0, 0.1) is 0 Å². The van der Waals surface area contributed by atoms with Crippen molar-refractivity contribution in [3.63, 3.8) is 0 Å². The molecule has 0 radical (unpaired) electrons. The predicted octanol–water partition coefficient (Wildman–Crippen LogP) is 3.63. The van der Waals surface area contributed by atoms with E-state index in [0.29, 0.717) is 12.0 Å². The highest BCUT2D eigenvalue weighted by Gasteiger charge is 2.19. The summed E-state index contributed by atoms with van der Waals surface area (Å²) >= 11 is 0.